The van der Waals surface area contributed by atoms with Crippen molar-refractivity contribution in [2.24, 2.45) is 20.2 Å². The lowest BCUT2D eigenvalue weighted by Gasteiger charge is -2.17. The van der Waals surface area contributed by atoms with Gasteiger partial charge in [0.25, 0.3) is 5.79 Å². The zero-order chi connectivity index (χ0) is 13.1. The van der Waals surface area contributed by atoms with Crippen molar-refractivity contribution in [3.8, 4) is 0 Å². The van der Waals surface area contributed by atoms with E-state index in [2.05, 4.69) is 30.2 Å². The molecular formula is C12H9ClN6. The quantitative estimate of drug-likeness (QED) is 0.856. The van der Waals surface area contributed by atoms with Gasteiger partial charge in [-0.05, 0) is 6.07 Å². The van der Waals surface area contributed by atoms with Gasteiger partial charge in [0.2, 0.25) is 5.95 Å². The Labute approximate surface area is 114 Å². The Morgan fingerprint density at radius 2 is 1.95 bits per heavy atom. The predicted octanol–water partition coefficient (Wildman–Crippen LogP) is 3.11. The van der Waals surface area contributed by atoms with E-state index in [0.29, 0.717) is 16.5 Å². The first-order valence-corrected chi connectivity index (χ1v) is 5.94. The Morgan fingerprint density at radius 3 is 2.63 bits per heavy atom. The fourth-order valence-corrected chi connectivity index (χ4v) is 1.98. The van der Waals surface area contributed by atoms with Crippen LogP contribution in [0.5, 0.6) is 0 Å². The van der Waals surface area contributed by atoms with Gasteiger partial charge in [-0.2, -0.15) is 0 Å². The van der Waals surface area contributed by atoms with E-state index in [0.717, 1.165) is 0 Å². The molecule has 0 bridgehead atoms. The summed E-state index contributed by atoms with van der Waals surface area (Å²) in [5.41, 5.74) is 0.678. The molecule has 94 valence electrons. The van der Waals surface area contributed by atoms with Gasteiger partial charge in [0.1, 0.15) is 0 Å². The fourth-order valence-electron chi connectivity index (χ4n) is 1.71. The van der Waals surface area contributed by atoms with Crippen molar-refractivity contribution in [3.63, 3.8) is 0 Å². The van der Waals surface area contributed by atoms with E-state index in [9.17, 15) is 0 Å². The van der Waals surface area contributed by atoms with Gasteiger partial charge in [-0.15, -0.1) is 10.2 Å². The number of halogens is 1. The number of nitrogens with zero attached hydrogens (tertiary/aromatic N) is 5. The maximum Gasteiger partial charge on any atom is 0.292 e. The van der Waals surface area contributed by atoms with Crippen LogP contribution in [0.4, 0.5) is 5.95 Å². The third kappa shape index (κ3) is 2.17. The number of imidazole rings is 1. The molecule has 2 aromatic rings. The zero-order valence-electron chi connectivity index (χ0n) is 9.73. The van der Waals surface area contributed by atoms with Crippen LogP contribution in [0.25, 0.3) is 0 Å². The number of nitrogens with one attached hydrogen (secondary N) is 1. The van der Waals surface area contributed by atoms with E-state index < -0.39 is 5.79 Å². The van der Waals surface area contributed by atoms with Crippen LogP contribution < -0.4 is 0 Å². The van der Waals surface area contributed by atoms with Crippen LogP contribution in [0.15, 0.2) is 56.9 Å². The van der Waals surface area contributed by atoms with E-state index >= 15 is 0 Å². The predicted molar refractivity (Wildman–Crippen MR) is 73.2 cm³/mol. The monoisotopic (exact) mass is 272 g/mol. The van der Waals surface area contributed by atoms with E-state index in [1.54, 1.807) is 30.9 Å². The van der Waals surface area contributed by atoms with Crippen molar-refractivity contribution in [2.45, 2.75) is 5.79 Å². The molecule has 1 aliphatic heterocycles. The Balaban J connectivity index is 2.04. The molecule has 2 heterocycles. The highest BCUT2D eigenvalue weighted by atomic mass is 35.5. The van der Waals surface area contributed by atoms with Gasteiger partial charge in [0.15, 0.2) is 0 Å². The van der Waals surface area contributed by atoms with Gasteiger partial charge >= 0.3 is 0 Å². The maximum absolute atomic E-state index is 6.18. The number of hydrogen-bond donors (Lipinski definition) is 1. The Morgan fingerprint density at radius 1 is 1.16 bits per heavy atom. The second kappa shape index (κ2) is 4.74. The van der Waals surface area contributed by atoms with Crippen LogP contribution in [-0.4, -0.2) is 22.4 Å². The summed E-state index contributed by atoms with van der Waals surface area (Å²) in [6.45, 7) is 0. The highest BCUT2D eigenvalue weighted by molar-refractivity contribution is 6.31. The van der Waals surface area contributed by atoms with Gasteiger partial charge in [-0.1, -0.05) is 29.8 Å². The summed E-state index contributed by atoms with van der Waals surface area (Å²) in [5, 5.41) is 8.73. The van der Waals surface area contributed by atoms with Gasteiger partial charge < -0.3 is 4.98 Å². The second-order valence-electron chi connectivity index (χ2n) is 3.78. The topological polar surface area (TPSA) is 78.1 Å². The highest BCUT2D eigenvalue weighted by Gasteiger charge is 2.34. The Bertz CT molecular complexity index is 647. The number of H-pyrrole nitrogens is 1. The minimum atomic E-state index is -1.15. The standard InChI is InChI=1S/C12H9ClN6/c13-10-4-2-1-3-9(10)12(16-7-8-17-12)19-18-11-14-5-6-15-11/h1-8H,(H,14,15). The number of rotatable bonds is 3. The first-order valence-electron chi connectivity index (χ1n) is 5.56. The van der Waals surface area contributed by atoms with Crippen molar-refractivity contribution >= 4 is 30.0 Å². The van der Waals surface area contributed by atoms with Gasteiger partial charge in [-0.25, -0.2) is 15.0 Å². The smallest absolute Gasteiger partial charge is 0.292 e. The summed E-state index contributed by atoms with van der Waals surface area (Å²) in [7, 11) is 0. The number of aromatic nitrogens is 2. The van der Waals surface area contributed by atoms with Gasteiger partial charge in [0.05, 0.1) is 5.02 Å². The van der Waals surface area contributed by atoms with E-state index in [4.69, 9.17) is 11.6 Å². The number of benzene rings is 1. The minimum absolute atomic E-state index is 0.392. The molecule has 0 saturated carbocycles. The molecule has 19 heavy (non-hydrogen) atoms. The molecule has 0 radical (unpaired) electrons. The molecule has 0 aliphatic carbocycles. The summed E-state index contributed by atoms with van der Waals surface area (Å²) >= 11 is 6.18. The molecule has 3 rings (SSSR count). The minimum Gasteiger partial charge on any atom is -0.328 e. The lowest BCUT2D eigenvalue weighted by Crippen LogP contribution is -2.15. The lowest BCUT2D eigenvalue weighted by atomic mass is 10.1. The van der Waals surface area contributed by atoms with E-state index in [1.165, 1.54) is 0 Å². The third-order valence-electron chi connectivity index (χ3n) is 2.58. The molecule has 1 aliphatic rings. The summed E-state index contributed by atoms with van der Waals surface area (Å²) in [4.78, 5) is 15.3. The largest absolute Gasteiger partial charge is 0.328 e. The van der Waals surface area contributed by atoms with E-state index in [-0.39, 0.29) is 0 Å². The second-order valence-corrected chi connectivity index (χ2v) is 4.19. The molecule has 0 unspecified atom stereocenters. The normalized spacial score (nSPS) is 16.5. The summed E-state index contributed by atoms with van der Waals surface area (Å²) in [5.74, 6) is -0.755. The number of aliphatic imine (C=N–C) groups is 2. The van der Waals surface area contributed by atoms with Gasteiger partial charge in [0, 0.05) is 30.4 Å². The maximum atomic E-state index is 6.18. The van der Waals surface area contributed by atoms with Crippen LogP contribution in [0.1, 0.15) is 5.56 Å². The molecule has 7 heteroatoms. The molecule has 6 nitrogen and oxygen atoms in total. The Kier molecular flexibility index (Phi) is 2.92. The van der Waals surface area contributed by atoms with Crippen molar-refractivity contribution in [2.75, 3.05) is 0 Å². The number of aromatic amines is 1. The molecule has 0 fully saturated rings. The average molecular weight is 273 g/mol. The van der Waals surface area contributed by atoms with Crippen LogP contribution in [0, 0.1) is 0 Å². The molecule has 0 spiro atoms. The van der Waals surface area contributed by atoms with Crippen LogP contribution in [-0.2, 0) is 5.79 Å². The average Bonchev–Trinajstić information content (AvgIpc) is 3.09. The summed E-state index contributed by atoms with van der Waals surface area (Å²) in [6, 6.07) is 7.29. The first kappa shape index (κ1) is 11.7. The molecule has 0 atom stereocenters. The fraction of sp³-hybridized carbons (Fsp3) is 0.0833. The van der Waals surface area contributed by atoms with E-state index in [1.807, 2.05) is 18.2 Å². The van der Waals surface area contributed by atoms with Crippen molar-refractivity contribution in [3.05, 3.63) is 47.2 Å². The molecule has 0 amide bonds. The molecule has 1 N–H and O–H groups in total. The van der Waals surface area contributed by atoms with Gasteiger partial charge in [-0.3, -0.25) is 0 Å². The van der Waals surface area contributed by atoms with Crippen molar-refractivity contribution < 1.29 is 0 Å². The Hall–Kier alpha value is -2.34. The summed E-state index contributed by atoms with van der Waals surface area (Å²) < 4.78 is 0. The van der Waals surface area contributed by atoms with Crippen LogP contribution in [0.2, 0.25) is 5.02 Å². The number of hydrogen-bond acceptors (Lipinski definition) is 5. The molecule has 1 aromatic carbocycles. The third-order valence-corrected chi connectivity index (χ3v) is 2.91. The molecule has 1 aromatic heterocycles. The first-order chi connectivity index (χ1) is 9.30. The van der Waals surface area contributed by atoms with Crippen molar-refractivity contribution in [1.82, 2.24) is 9.97 Å². The SMILES string of the molecule is Clc1ccccc1C1(N=Nc2ncc[nH]2)N=CC=N1. The zero-order valence-corrected chi connectivity index (χ0v) is 10.5. The van der Waals surface area contributed by atoms with Crippen molar-refractivity contribution in [1.29, 1.82) is 0 Å². The van der Waals surface area contributed by atoms with Crippen LogP contribution in [0.3, 0.4) is 0 Å². The molecule has 0 saturated heterocycles. The highest BCUT2D eigenvalue weighted by Crippen LogP contribution is 2.36. The summed E-state index contributed by atoms with van der Waals surface area (Å²) in [6.07, 6.45) is 6.41. The number of azo groups is 1. The van der Waals surface area contributed by atoms with Crippen LogP contribution >= 0.6 is 11.6 Å². The lowest BCUT2D eigenvalue weighted by molar-refractivity contribution is 0.485. The molecular weight excluding hydrogens is 264 g/mol.